The first-order valence-electron chi connectivity index (χ1n) is 19.3. The number of nitrogens with zero attached hydrogens (tertiary/aromatic N) is 8. The maximum absolute atomic E-state index is 16.0. The monoisotopic (exact) mass is 809 g/mol. The number of carbonyl (C=O) groups excluding carboxylic acids is 3. The van der Waals surface area contributed by atoms with E-state index in [1.807, 2.05) is 41.3 Å². The summed E-state index contributed by atoms with van der Waals surface area (Å²) in [7, 11) is 1.78. The number of amides is 4. The molecule has 300 valence electrons. The van der Waals surface area contributed by atoms with E-state index in [0.717, 1.165) is 40.9 Å². The standard InChI is InChI=1S/C41H42ClF2N11O3/c1-24-15-26(16-32(35(24)42)54-12-4-11-47-39(54)58)38(57)52-14-10-40(41(43,44)23-52)21-51(22-40)20-25-7-8-29(48-18-25)27-5-3-6-31-28(27)9-13-53(31)34-17-30(46-2)37-49-19-33(36(45)56)55(37)50-34/h3,5-8,15-19,46H,4,9-14,20-23H2,1-2H3,(H2,45,56)(H,47,58). The summed E-state index contributed by atoms with van der Waals surface area (Å²) in [4.78, 5) is 54.2. The van der Waals surface area contributed by atoms with Crippen molar-refractivity contribution >= 4 is 58.0 Å². The molecule has 14 nitrogen and oxygen atoms in total. The molecule has 0 radical (unpaired) electrons. The number of fused-ring (bicyclic) bond motifs is 2. The number of aromatic nitrogens is 4. The van der Waals surface area contributed by atoms with Gasteiger partial charge in [0.25, 0.3) is 17.7 Å². The van der Waals surface area contributed by atoms with Crippen LogP contribution in [0.15, 0.2) is 60.9 Å². The molecule has 4 aliphatic heterocycles. The van der Waals surface area contributed by atoms with Crippen LogP contribution in [0.1, 0.15) is 50.4 Å². The predicted octanol–water partition coefficient (Wildman–Crippen LogP) is 5.49. The van der Waals surface area contributed by atoms with Crippen LogP contribution < -0.4 is 26.2 Å². The van der Waals surface area contributed by atoms with Crippen LogP contribution in [0.2, 0.25) is 5.02 Å². The Balaban J connectivity index is 0.855. The third-order valence-electron chi connectivity index (χ3n) is 12.0. The van der Waals surface area contributed by atoms with Gasteiger partial charge >= 0.3 is 6.03 Å². The number of urea groups is 1. The van der Waals surface area contributed by atoms with Crippen molar-refractivity contribution in [2.24, 2.45) is 11.1 Å². The number of likely N-dealkylation sites (tertiary alicyclic amines) is 2. The zero-order valence-corrected chi connectivity index (χ0v) is 32.8. The number of halogens is 3. The molecule has 2 aromatic carbocycles. The van der Waals surface area contributed by atoms with Crippen molar-refractivity contribution < 1.29 is 23.2 Å². The number of aryl methyl sites for hydroxylation is 1. The lowest BCUT2D eigenvalue weighted by atomic mass is 9.69. The van der Waals surface area contributed by atoms with Crippen molar-refractivity contribution in [3.8, 4) is 11.3 Å². The molecule has 58 heavy (non-hydrogen) atoms. The van der Waals surface area contributed by atoms with Gasteiger partial charge in [0.05, 0.1) is 40.2 Å². The molecule has 3 fully saturated rings. The second kappa shape index (κ2) is 14.2. The normalized spacial score (nSPS) is 18.6. The quantitative estimate of drug-likeness (QED) is 0.185. The number of rotatable bonds is 8. The number of carbonyl (C=O) groups is 3. The summed E-state index contributed by atoms with van der Waals surface area (Å²) in [6.07, 6.45) is 4.88. The molecular weight excluding hydrogens is 768 g/mol. The fourth-order valence-corrected chi connectivity index (χ4v) is 9.11. The highest BCUT2D eigenvalue weighted by Gasteiger charge is 2.62. The molecule has 0 unspecified atom stereocenters. The van der Waals surface area contributed by atoms with E-state index >= 15 is 8.78 Å². The van der Waals surface area contributed by atoms with Gasteiger partial charge < -0.3 is 26.2 Å². The molecule has 0 atom stereocenters. The number of primary amides is 1. The fraction of sp³-hybridized carbons (Fsp3) is 0.366. The third kappa shape index (κ3) is 6.25. The summed E-state index contributed by atoms with van der Waals surface area (Å²) in [5, 5.41) is 11.0. The molecule has 4 amide bonds. The number of hydrogen-bond donors (Lipinski definition) is 3. The Morgan fingerprint density at radius 3 is 2.55 bits per heavy atom. The molecule has 4 aliphatic rings. The number of benzene rings is 2. The summed E-state index contributed by atoms with van der Waals surface area (Å²) in [5.74, 6) is -3.56. The van der Waals surface area contributed by atoms with Crippen LogP contribution in [0.5, 0.6) is 0 Å². The minimum atomic E-state index is -3.09. The van der Waals surface area contributed by atoms with Gasteiger partial charge in [-0.3, -0.25) is 24.4 Å². The predicted molar refractivity (Wildman–Crippen MR) is 216 cm³/mol. The Morgan fingerprint density at radius 1 is 1.00 bits per heavy atom. The SMILES string of the molecule is CNc1cc(N2CCc3c(-c4ccc(CN5CC6(CCN(C(=O)c7cc(C)c(Cl)c(N8CCCNC8=O)c7)CC6(F)F)C5)cn4)cccc32)nn2c(C(N)=O)cnc12. The van der Waals surface area contributed by atoms with Crippen LogP contribution in [0.25, 0.3) is 16.9 Å². The first-order chi connectivity index (χ1) is 27.9. The van der Waals surface area contributed by atoms with Gasteiger partial charge in [-0.15, -0.1) is 5.10 Å². The van der Waals surface area contributed by atoms with Crippen LogP contribution in [0.3, 0.4) is 0 Å². The largest absolute Gasteiger partial charge is 0.385 e. The van der Waals surface area contributed by atoms with E-state index in [9.17, 15) is 14.4 Å². The highest BCUT2D eigenvalue weighted by atomic mass is 35.5. The van der Waals surface area contributed by atoms with Crippen LogP contribution in [0.4, 0.5) is 36.5 Å². The van der Waals surface area contributed by atoms with Crippen molar-refractivity contribution in [1.82, 2.24) is 34.7 Å². The van der Waals surface area contributed by atoms with Crippen molar-refractivity contribution in [1.29, 1.82) is 0 Å². The molecule has 0 bridgehead atoms. The lowest BCUT2D eigenvalue weighted by Crippen LogP contribution is -2.70. The average Bonchev–Trinajstić information content (AvgIpc) is 3.84. The van der Waals surface area contributed by atoms with Gasteiger partial charge in [-0.05, 0) is 67.1 Å². The van der Waals surface area contributed by atoms with Gasteiger partial charge in [0.1, 0.15) is 5.69 Å². The molecule has 3 aromatic heterocycles. The maximum Gasteiger partial charge on any atom is 0.321 e. The first-order valence-corrected chi connectivity index (χ1v) is 19.7. The molecule has 3 saturated heterocycles. The second-order valence-electron chi connectivity index (χ2n) is 15.6. The van der Waals surface area contributed by atoms with Gasteiger partial charge in [-0.2, -0.15) is 0 Å². The van der Waals surface area contributed by atoms with Crippen molar-refractivity contribution in [3.63, 3.8) is 0 Å². The summed E-state index contributed by atoms with van der Waals surface area (Å²) in [5.41, 5.74) is 11.8. The number of hydrogen-bond acceptors (Lipinski definition) is 9. The Bertz CT molecular complexity index is 2490. The fourth-order valence-electron chi connectivity index (χ4n) is 8.90. The smallest absolute Gasteiger partial charge is 0.321 e. The number of pyridine rings is 1. The second-order valence-corrected chi connectivity index (χ2v) is 16.0. The summed E-state index contributed by atoms with van der Waals surface area (Å²) >= 11 is 6.55. The zero-order valence-electron chi connectivity index (χ0n) is 32.1. The van der Waals surface area contributed by atoms with E-state index in [-0.39, 0.29) is 43.3 Å². The van der Waals surface area contributed by atoms with Crippen LogP contribution in [-0.2, 0) is 13.0 Å². The van der Waals surface area contributed by atoms with E-state index < -0.39 is 29.7 Å². The molecule has 0 saturated carbocycles. The third-order valence-corrected chi connectivity index (χ3v) is 12.5. The Labute approximate surface area is 337 Å². The lowest BCUT2D eigenvalue weighted by molar-refractivity contribution is -0.220. The number of anilines is 4. The van der Waals surface area contributed by atoms with Gasteiger partial charge in [0.15, 0.2) is 11.5 Å². The van der Waals surface area contributed by atoms with Gasteiger partial charge in [-0.1, -0.05) is 29.8 Å². The summed E-state index contributed by atoms with van der Waals surface area (Å²) in [6.45, 7) is 3.86. The molecule has 7 heterocycles. The van der Waals surface area contributed by atoms with Crippen LogP contribution in [0, 0.1) is 12.3 Å². The van der Waals surface area contributed by atoms with E-state index in [1.54, 1.807) is 32.3 Å². The first kappa shape index (κ1) is 37.7. The maximum atomic E-state index is 16.0. The van der Waals surface area contributed by atoms with E-state index in [4.69, 9.17) is 27.4 Å². The minimum Gasteiger partial charge on any atom is -0.385 e. The lowest BCUT2D eigenvalue weighted by Gasteiger charge is -2.57. The molecule has 5 aromatic rings. The number of imidazole rings is 1. The van der Waals surface area contributed by atoms with Crippen LogP contribution in [-0.4, -0.2) is 106 Å². The van der Waals surface area contributed by atoms with Crippen molar-refractivity contribution in [2.45, 2.75) is 38.7 Å². The molecule has 0 aliphatic carbocycles. The van der Waals surface area contributed by atoms with Crippen molar-refractivity contribution in [3.05, 3.63) is 93.9 Å². The summed E-state index contributed by atoms with van der Waals surface area (Å²) < 4.78 is 33.4. The molecule has 17 heteroatoms. The molecule has 1 spiro atoms. The Kier molecular flexibility index (Phi) is 9.23. The average molecular weight is 810 g/mol. The number of alkyl halides is 2. The Morgan fingerprint density at radius 2 is 1.83 bits per heavy atom. The van der Waals surface area contributed by atoms with Gasteiger partial charge in [0, 0.05) is 81.9 Å². The number of piperidine rings is 1. The zero-order chi connectivity index (χ0) is 40.5. The number of nitrogens with one attached hydrogen (secondary N) is 2. The highest BCUT2D eigenvalue weighted by Crippen LogP contribution is 2.51. The molecular formula is C41H42ClF2N11O3. The van der Waals surface area contributed by atoms with Gasteiger partial charge in [-0.25, -0.2) is 23.1 Å². The van der Waals surface area contributed by atoms with Crippen molar-refractivity contribution in [2.75, 3.05) is 68.0 Å². The van der Waals surface area contributed by atoms with Crippen LogP contribution >= 0.6 is 11.6 Å². The highest BCUT2D eigenvalue weighted by molar-refractivity contribution is 6.34. The molecule has 9 rings (SSSR count). The topological polar surface area (TPSA) is 157 Å². The van der Waals surface area contributed by atoms with E-state index in [0.29, 0.717) is 59.6 Å². The Hall–Kier alpha value is -5.87. The van der Waals surface area contributed by atoms with Gasteiger partial charge in [0.2, 0.25) is 0 Å². The number of nitrogens with two attached hydrogens (primary N) is 1. The molecule has 4 N–H and O–H groups in total. The van der Waals surface area contributed by atoms with E-state index in [2.05, 4.69) is 20.5 Å². The minimum absolute atomic E-state index is 0.178. The van der Waals surface area contributed by atoms with E-state index in [1.165, 1.54) is 20.5 Å². The summed E-state index contributed by atoms with van der Waals surface area (Å²) in [6, 6.07) is 14.8.